The minimum atomic E-state index is -1.03. The number of hydrogen-bond donors (Lipinski definition) is 1. The zero-order valence-corrected chi connectivity index (χ0v) is 17.0. The normalized spacial score (nSPS) is 17.9. The minimum absolute atomic E-state index is 0.0832. The minimum Gasteiger partial charge on any atom is -0.379 e. The van der Waals surface area contributed by atoms with Crippen LogP contribution in [0.25, 0.3) is 5.57 Å². The predicted molar refractivity (Wildman–Crippen MR) is 110 cm³/mol. The molecule has 30 heavy (non-hydrogen) atoms. The summed E-state index contributed by atoms with van der Waals surface area (Å²) in [5.74, 6) is -2.85. The summed E-state index contributed by atoms with van der Waals surface area (Å²) in [5.41, 5.74) is 0.542. The number of anilines is 1. The SMILES string of the molecule is O=C1C(Nc2ccc(F)c(F)c2)=C(c2cccs2)C(=O)N1CCCN1CCOCC1. The van der Waals surface area contributed by atoms with Crippen LogP contribution in [0.4, 0.5) is 14.5 Å². The molecule has 9 heteroatoms. The van der Waals surface area contributed by atoms with Crippen LogP contribution in [0.1, 0.15) is 11.3 Å². The van der Waals surface area contributed by atoms with Gasteiger partial charge in [-0.05, 0) is 30.0 Å². The Morgan fingerprint density at radius 1 is 1.03 bits per heavy atom. The molecule has 1 N–H and O–H groups in total. The molecule has 1 fully saturated rings. The lowest BCUT2D eigenvalue weighted by Crippen LogP contribution is -2.39. The number of benzene rings is 1. The standard InChI is InChI=1S/C21H21F2N3O3S/c22-15-5-4-14(13-16(15)23)24-19-18(17-3-1-12-30-17)20(27)26(21(19)28)7-2-6-25-8-10-29-11-9-25/h1,3-5,12-13,24H,2,6-11H2. The van der Waals surface area contributed by atoms with E-state index in [1.807, 2.05) is 5.38 Å². The van der Waals surface area contributed by atoms with Gasteiger partial charge in [-0.3, -0.25) is 19.4 Å². The van der Waals surface area contributed by atoms with Crippen LogP contribution in [0, 0.1) is 11.6 Å². The van der Waals surface area contributed by atoms with Gasteiger partial charge in [0, 0.05) is 42.8 Å². The molecule has 0 atom stereocenters. The van der Waals surface area contributed by atoms with E-state index in [1.165, 1.54) is 22.3 Å². The van der Waals surface area contributed by atoms with Gasteiger partial charge in [-0.1, -0.05) is 6.07 Å². The molecule has 2 aliphatic heterocycles. The molecule has 1 aromatic carbocycles. The second-order valence-electron chi connectivity index (χ2n) is 7.05. The first-order valence-electron chi connectivity index (χ1n) is 9.71. The third-order valence-electron chi connectivity index (χ3n) is 5.08. The summed E-state index contributed by atoms with van der Waals surface area (Å²) in [7, 11) is 0. The van der Waals surface area contributed by atoms with Crippen molar-refractivity contribution in [3.8, 4) is 0 Å². The number of halogens is 2. The fourth-order valence-electron chi connectivity index (χ4n) is 3.54. The maximum atomic E-state index is 13.6. The first-order chi connectivity index (χ1) is 14.5. The van der Waals surface area contributed by atoms with Crippen LogP contribution in [0.2, 0.25) is 0 Å². The Morgan fingerprint density at radius 2 is 1.83 bits per heavy atom. The largest absolute Gasteiger partial charge is 0.379 e. The van der Waals surface area contributed by atoms with Crippen molar-refractivity contribution in [2.24, 2.45) is 0 Å². The third kappa shape index (κ3) is 4.28. The van der Waals surface area contributed by atoms with Gasteiger partial charge in [-0.25, -0.2) is 8.78 Å². The lowest BCUT2D eigenvalue weighted by molar-refractivity contribution is -0.136. The quantitative estimate of drug-likeness (QED) is 0.681. The molecule has 1 aromatic heterocycles. The Hall–Kier alpha value is -2.62. The fraction of sp³-hybridized carbons (Fsp3) is 0.333. The fourth-order valence-corrected chi connectivity index (χ4v) is 4.31. The predicted octanol–water partition coefficient (Wildman–Crippen LogP) is 2.94. The molecule has 0 saturated carbocycles. The van der Waals surface area contributed by atoms with Gasteiger partial charge in [-0.15, -0.1) is 11.3 Å². The van der Waals surface area contributed by atoms with Crippen LogP contribution in [-0.2, 0) is 14.3 Å². The Labute approximate surface area is 176 Å². The van der Waals surface area contributed by atoms with E-state index >= 15 is 0 Å². The van der Waals surface area contributed by atoms with E-state index in [0.717, 1.165) is 31.8 Å². The third-order valence-corrected chi connectivity index (χ3v) is 5.97. The number of nitrogens with one attached hydrogen (secondary N) is 1. The number of amides is 2. The lowest BCUT2D eigenvalue weighted by atomic mass is 10.2. The van der Waals surface area contributed by atoms with Crippen LogP contribution >= 0.6 is 11.3 Å². The van der Waals surface area contributed by atoms with Crippen molar-refractivity contribution in [1.29, 1.82) is 0 Å². The van der Waals surface area contributed by atoms with Crippen molar-refractivity contribution in [2.75, 3.05) is 44.7 Å². The van der Waals surface area contributed by atoms with E-state index in [2.05, 4.69) is 10.2 Å². The van der Waals surface area contributed by atoms with E-state index in [1.54, 1.807) is 12.1 Å². The highest BCUT2D eigenvalue weighted by atomic mass is 32.1. The van der Waals surface area contributed by atoms with Crippen LogP contribution < -0.4 is 5.32 Å². The van der Waals surface area contributed by atoms with E-state index in [4.69, 9.17) is 4.74 Å². The number of nitrogens with zero attached hydrogens (tertiary/aromatic N) is 2. The van der Waals surface area contributed by atoms with Gasteiger partial charge < -0.3 is 10.1 Å². The highest BCUT2D eigenvalue weighted by molar-refractivity contribution is 7.11. The average molecular weight is 433 g/mol. The van der Waals surface area contributed by atoms with Gasteiger partial charge in [0.1, 0.15) is 5.70 Å². The van der Waals surface area contributed by atoms with Crippen molar-refractivity contribution in [2.45, 2.75) is 6.42 Å². The maximum Gasteiger partial charge on any atom is 0.278 e. The average Bonchev–Trinajstić information content (AvgIpc) is 3.34. The summed E-state index contributed by atoms with van der Waals surface area (Å²) in [6.45, 7) is 4.10. The zero-order valence-electron chi connectivity index (χ0n) is 16.2. The zero-order chi connectivity index (χ0) is 21.1. The Bertz CT molecular complexity index is 972. The number of morpholine rings is 1. The first kappa shape index (κ1) is 20.6. The van der Waals surface area contributed by atoms with Crippen molar-refractivity contribution in [1.82, 2.24) is 9.80 Å². The van der Waals surface area contributed by atoms with Gasteiger partial charge in [0.25, 0.3) is 11.8 Å². The molecule has 2 amide bonds. The topological polar surface area (TPSA) is 61.9 Å². The van der Waals surface area contributed by atoms with Crippen molar-refractivity contribution in [3.63, 3.8) is 0 Å². The molecule has 1 saturated heterocycles. The van der Waals surface area contributed by atoms with Gasteiger partial charge in [0.05, 0.1) is 18.8 Å². The Morgan fingerprint density at radius 3 is 2.53 bits per heavy atom. The first-order valence-corrected chi connectivity index (χ1v) is 10.6. The molecular formula is C21H21F2N3O3S. The highest BCUT2D eigenvalue weighted by Crippen LogP contribution is 2.33. The van der Waals surface area contributed by atoms with Crippen molar-refractivity contribution < 1.29 is 23.1 Å². The molecule has 2 aliphatic rings. The number of rotatable bonds is 7. The number of hydrogen-bond acceptors (Lipinski definition) is 6. The molecule has 4 rings (SSSR count). The molecule has 0 radical (unpaired) electrons. The molecular weight excluding hydrogens is 412 g/mol. The summed E-state index contributed by atoms with van der Waals surface area (Å²) in [4.78, 5) is 30.2. The molecule has 0 bridgehead atoms. The van der Waals surface area contributed by atoms with Crippen LogP contribution in [-0.4, -0.2) is 61.0 Å². The molecule has 3 heterocycles. The molecule has 0 aliphatic carbocycles. The van der Waals surface area contributed by atoms with E-state index in [9.17, 15) is 18.4 Å². The van der Waals surface area contributed by atoms with Gasteiger partial charge in [0.2, 0.25) is 0 Å². The van der Waals surface area contributed by atoms with Gasteiger partial charge in [0.15, 0.2) is 11.6 Å². The van der Waals surface area contributed by atoms with Crippen LogP contribution in [0.15, 0.2) is 41.4 Å². The van der Waals surface area contributed by atoms with E-state index in [-0.39, 0.29) is 29.4 Å². The monoisotopic (exact) mass is 433 g/mol. The second kappa shape index (κ2) is 9.03. The smallest absolute Gasteiger partial charge is 0.278 e. The second-order valence-corrected chi connectivity index (χ2v) is 8.00. The number of carbonyl (C=O) groups excluding carboxylic acids is 2. The molecule has 2 aromatic rings. The summed E-state index contributed by atoms with van der Waals surface area (Å²) >= 11 is 1.34. The van der Waals surface area contributed by atoms with Crippen LogP contribution in [0.5, 0.6) is 0 Å². The number of ether oxygens (including phenoxy) is 1. The Balaban J connectivity index is 1.52. The summed E-state index contributed by atoms with van der Waals surface area (Å²) < 4.78 is 32.2. The number of carbonyl (C=O) groups is 2. The Kier molecular flexibility index (Phi) is 6.21. The molecule has 158 valence electrons. The van der Waals surface area contributed by atoms with E-state index < -0.39 is 17.5 Å². The lowest BCUT2D eigenvalue weighted by Gasteiger charge is -2.27. The summed E-state index contributed by atoms with van der Waals surface area (Å²) in [6.07, 6.45) is 0.646. The maximum absolute atomic E-state index is 13.6. The van der Waals surface area contributed by atoms with Crippen molar-refractivity contribution >= 4 is 34.4 Å². The molecule has 6 nitrogen and oxygen atoms in total. The van der Waals surface area contributed by atoms with Gasteiger partial charge in [-0.2, -0.15) is 0 Å². The van der Waals surface area contributed by atoms with Crippen LogP contribution in [0.3, 0.4) is 0 Å². The number of imide groups is 1. The molecule has 0 unspecified atom stereocenters. The number of thiophene rings is 1. The summed E-state index contributed by atoms with van der Waals surface area (Å²) in [6, 6.07) is 6.82. The van der Waals surface area contributed by atoms with E-state index in [0.29, 0.717) is 24.5 Å². The highest BCUT2D eigenvalue weighted by Gasteiger charge is 2.39. The summed E-state index contributed by atoms with van der Waals surface area (Å²) in [5, 5.41) is 4.65. The van der Waals surface area contributed by atoms with Gasteiger partial charge >= 0.3 is 0 Å². The molecule has 0 spiro atoms. The van der Waals surface area contributed by atoms with Crippen molar-refractivity contribution in [3.05, 3.63) is 57.9 Å².